The van der Waals surface area contributed by atoms with E-state index in [2.05, 4.69) is 26.0 Å². The molecule has 0 unspecified atom stereocenters. The molecule has 3 atom stereocenters. The summed E-state index contributed by atoms with van der Waals surface area (Å²) in [6.07, 6.45) is -1.58. The molecular weight excluding hydrogens is 600 g/mol. The number of nitrogens with one attached hydrogen (secondary N) is 4. The highest BCUT2D eigenvalue weighted by atomic mass is 33.1. The first-order valence-electron chi connectivity index (χ1n) is 12.1. The number of aliphatic carboxylic acids is 3. The number of carbonyl (C=O) groups excluding carboxylic acids is 5. The lowest BCUT2D eigenvalue weighted by Gasteiger charge is -2.23. The number of carbonyl (C=O) groups is 8. The molecule has 7 N–H and O–H groups in total. The molecule has 0 aliphatic heterocycles. The monoisotopic (exact) mass is 630 g/mol. The molecule has 16 nitrogen and oxygen atoms in total. The molecule has 0 aliphatic carbocycles. The van der Waals surface area contributed by atoms with Crippen molar-refractivity contribution in [2.45, 2.75) is 43.9 Å². The van der Waals surface area contributed by atoms with E-state index in [1.54, 1.807) is 24.3 Å². The van der Waals surface area contributed by atoms with Crippen molar-refractivity contribution in [1.82, 2.24) is 21.3 Å². The molecule has 0 radical (unpaired) electrons. The van der Waals surface area contributed by atoms with Crippen LogP contribution in [0.3, 0.4) is 0 Å². The zero-order chi connectivity index (χ0) is 31.5. The van der Waals surface area contributed by atoms with Gasteiger partial charge < -0.3 is 41.3 Å². The van der Waals surface area contributed by atoms with Crippen LogP contribution >= 0.6 is 21.6 Å². The fourth-order valence-electron chi connectivity index (χ4n) is 3.16. The summed E-state index contributed by atoms with van der Waals surface area (Å²) >= 11 is 0. The Morgan fingerprint density at radius 2 is 1.33 bits per heavy atom. The van der Waals surface area contributed by atoms with Crippen LogP contribution in [0.25, 0.3) is 0 Å². The summed E-state index contributed by atoms with van der Waals surface area (Å²) in [5.74, 6) is -7.33. The van der Waals surface area contributed by atoms with Crippen LogP contribution in [0.2, 0.25) is 0 Å². The summed E-state index contributed by atoms with van der Waals surface area (Å²) < 4.78 is 4.50. The largest absolute Gasteiger partial charge is 0.481 e. The Labute approximate surface area is 247 Å². The van der Waals surface area contributed by atoms with Gasteiger partial charge in [-0.2, -0.15) is 0 Å². The van der Waals surface area contributed by atoms with Gasteiger partial charge in [-0.1, -0.05) is 45.9 Å². The normalized spacial score (nSPS) is 12.5. The first-order chi connectivity index (χ1) is 20.0. The van der Waals surface area contributed by atoms with Crippen LogP contribution in [0.15, 0.2) is 24.3 Å². The fourth-order valence-corrected chi connectivity index (χ4v) is 5.15. The van der Waals surface area contributed by atoms with Gasteiger partial charge in [0, 0.05) is 18.1 Å². The molecule has 0 spiro atoms. The number of carboxylic acids is 3. The first kappa shape index (κ1) is 35.7. The third-order valence-electron chi connectivity index (χ3n) is 5.10. The minimum Gasteiger partial charge on any atom is -0.481 e. The number of amides is 4. The van der Waals surface area contributed by atoms with E-state index in [4.69, 9.17) is 0 Å². The minimum atomic E-state index is -1.80. The van der Waals surface area contributed by atoms with Gasteiger partial charge in [-0.15, -0.1) is 0 Å². The Bertz CT molecular complexity index is 1120. The predicted molar refractivity (Wildman–Crippen MR) is 148 cm³/mol. The van der Waals surface area contributed by atoms with Crippen molar-refractivity contribution in [3.05, 3.63) is 35.4 Å². The molecule has 0 heterocycles. The van der Waals surface area contributed by atoms with Crippen LogP contribution in [-0.2, 0) is 56.1 Å². The highest BCUT2D eigenvalue weighted by molar-refractivity contribution is 8.76. The molecule has 42 heavy (non-hydrogen) atoms. The van der Waals surface area contributed by atoms with Crippen LogP contribution in [0, 0.1) is 0 Å². The summed E-state index contributed by atoms with van der Waals surface area (Å²) in [5.41, 5.74) is 1.26. The van der Waals surface area contributed by atoms with E-state index in [1.807, 2.05) is 0 Å². The number of carboxylic acid groups (broad SMARTS) is 3. The lowest BCUT2D eigenvalue weighted by atomic mass is 10.1. The molecule has 0 saturated carbocycles. The molecule has 0 saturated heterocycles. The number of ether oxygens (including phenoxy) is 1. The first-order valence-corrected chi connectivity index (χ1v) is 14.6. The molecule has 18 heteroatoms. The van der Waals surface area contributed by atoms with Gasteiger partial charge in [0.05, 0.1) is 19.3 Å². The molecule has 0 aromatic heterocycles. The van der Waals surface area contributed by atoms with Crippen LogP contribution in [0.4, 0.5) is 0 Å². The third-order valence-corrected chi connectivity index (χ3v) is 7.48. The summed E-state index contributed by atoms with van der Waals surface area (Å²) in [4.78, 5) is 93.0. The van der Waals surface area contributed by atoms with Crippen molar-refractivity contribution in [2.24, 2.45) is 0 Å². The zero-order valence-corrected chi connectivity index (χ0v) is 23.6. The fraction of sp³-hybridized carbons (Fsp3) is 0.417. The summed E-state index contributed by atoms with van der Waals surface area (Å²) in [6, 6.07) is 1.52. The van der Waals surface area contributed by atoms with Gasteiger partial charge >= 0.3 is 17.9 Å². The van der Waals surface area contributed by atoms with Gasteiger partial charge in [-0.05, 0) is 11.1 Å². The van der Waals surface area contributed by atoms with Crippen LogP contribution in [0.1, 0.15) is 24.0 Å². The maximum atomic E-state index is 12.9. The van der Waals surface area contributed by atoms with Gasteiger partial charge in [-0.3, -0.25) is 33.6 Å². The van der Waals surface area contributed by atoms with E-state index in [1.165, 1.54) is 0 Å². The summed E-state index contributed by atoms with van der Waals surface area (Å²) in [5, 5.41) is 36.8. The Hall–Kier alpha value is -4.32. The predicted octanol–water partition coefficient (Wildman–Crippen LogP) is -1.48. The number of hydrogen-bond acceptors (Lipinski definition) is 11. The van der Waals surface area contributed by atoms with Crippen molar-refractivity contribution >= 4 is 70.1 Å². The number of hydrogen-bond donors (Lipinski definition) is 7. The standard InChI is InChI=1S/C24H30N4O12S2/c29-12-25-10-15-3-1-14(2-4-15)7-19(31)26-16(8-20(32)33)22(36)27-17(9-21(34)35)23(37)28-18(24(38)39)11-42-41-6-5-40-13-30/h1-4,12-13,16-18H,5-11H2,(H,25,29)(H,26,31)(H,27,36)(H,28,37)(H,32,33)(H,34,35)(H,38,39)/t16-,17-,18-/m0/s1. The lowest BCUT2D eigenvalue weighted by Crippen LogP contribution is -2.57. The van der Waals surface area contributed by atoms with Gasteiger partial charge in [0.25, 0.3) is 6.47 Å². The molecule has 1 aromatic carbocycles. The number of rotatable bonds is 22. The molecular formula is C24H30N4O12S2. The van der Waals surface area contributed by atoms with Crippen LogP contribution in [0.5, 0.6) is 0 Å². The third kappa shape index (κ3) is 14.9. The van der Waals surface area contributed by atoms with Crippen LogP contribution < -0.4 is 21.3 Å². The van der Waals surface area contributed by atoms with Crippen molar-refractivity contribution in [3.8, 4) is 0 Å². The Kier molecular flexibility index (Phi) is 16.8. The van der Waals surface area contributed by atoms with E-state index in [0.717, 1.165) is 27.2 Å². The van der Waals surface area contributed by atoms with Crippen molar-refractivity contribution in [3.63, 3.8) is 0 Å². The quantitative estimate of drug-likeness (QED) is 0.0438. The van der Waals surface area contributed by atoms with E-state index in [-0.39, 0.29) is 31.8 Å². The maximum Gasteiger partial charge on any atom is 0.327 e. The summed E-state index contributed by atoms with van der Waals surface area (Å²) in [6.45, 7) is 0.605. The van der Waals surface area contributed by atoms with Crippen molar-refractivity contribution in [2.75, 3.05) is 18.1 Å². The van der Waals surface area contributed by atoms with E-state index < -0.39 is 66.6 Å². The zero-order valence-electron chi connectivity index (χ0n) is 22.0. The molecule has 0 aliphatic rings. The van der Waals surface area contributed by atoms with Gasteiger partial charge in [-0.25, -0.2) is 4.79 Å². The SMILES string of the molecule is O=CNCc1ccc(CC(=O)N[C@@H](CC(=O)O)C(=O)N[C@@H](CC(=O)O)C(=O)N[C@@H](CSSCCOC=O)C(=O)O)cc1. The maximum absolute atomic E-state index is 12.9. The second kappa shape index (κ2) is 19.7. The molecule has 230 valence electrons. The minimum absolute atomic E-state index is 0.0818. The Morgan fingerprint density at radius 1 is 0.786 bits per heavy atom. The van der Waals surface area contributed by atoms with Crippen LogP contribution in [-0.4, -0.2) is 100 Å². The molecule has 0 fully saturated rings. The number of benzene rings is 1. The smallest absolute Gasteiger partial charge is 0.327 e. The van der Waals surface area contributed by atoms with Gasteiger partial charge in [0.1, 0.15) is 24.7 Å². The molecule has 1 aromatic rings. The van der Waals surface area contributed by atoms with Crippen molar-refractivity contribution in [1.29, 1.82) is 0 Å². The van der Waals surface area contributed by atoms with E-state index in [9.17, 15) is 53.7 Å². The second-order valence-corrected chi connectivity index (χ2v) is 11.0. The van der Waals surface area contributed by atoms with E-state index in [0.29, 0.717) is 17.7 Å². The highest BCUT2D eigenvalue weighted by Gasteiger charge is 2.32. The summed E-state index contributed by atoms with van der Waals surface area (Å²) in [7, 11) is 2.19. The molecule has 0 bridgehead atoms. The van der Waals surface area contributed by atoms with Crippen molar-refractivity contribution < 1.29 is 58.4 Å². The topological polar surface area (TPSA) is 255 Å². The molecule has 1 rings (SSSR count). The Morgan fingerprint density at radius 3 is 1.86 bits per heavy atom. The Balaban J connectivity index is 2.88. The van der Waals surface area contributed by atoms with Gasteiger partial charge in [0.15, 0.2) is 0 Å². The molecule has 4 amide bonds. The van der Waals surface area contributed by atoms with Gasteiger partial charge in [0.2, 0.25) is 24.1 Å². The highest BCUT2D eigenvalue weighted by Crippen LogP contribution is 2.21. The lowest BCUT2D eigenvalue weighted by molar-refractivity contribution is -0.144. The van der Waals surface area contributed by atoms with E-state index >= 15 is 0 Å². The second-order valence-electron chi connectivity index (χ2n) is 8.34. The average molecular weight is 631 g/mol. The average Bonchev–Trinajstić information content (AvgIpc) is 2.92.